The highest BCUT2D eigenvalue weighted by molar-refractivity contribution is 9.10. The molecule has 0 aliphatic carbocycles. The number of para-hydroxylation sites is 3. The first-order valence-electron chi connectivity index (χ1n) is 17.9. The van der Waals surface area contributed by atoms with Crippen LogP contribution in [0.15, 0.2) is 132 Å². The van der Waals surface area contributed by atoms with Crippen molar-refractivity contribution in [2.45, 2.75) is 44.5 Å². The van der Waals surface area contributed by atoms with Crippen LogP contribution >= 0.6 is 15.9 Å². The van der Waals surface area contributed by atoms with Crippen LogP contribution in [-0.4, -0.2) is 45.5 Å². The molecule has 3 aliphatic rings. The normalized spacial score (nSPS) is 19.5. The fraction of sp³-hybridized carbons (Fsp3) is 0.205. The lowest BCUT2D eigenvalue weighted by molar-refractivity contribution is -0.139. The molecule has 3 atom stereocenters. The molecule has 0 bridgehead atoms. The summed E-state index contributed by atoms with van der Waals surface area (Å²) >= 11 is 3.52. The van der Waals surface area contributed by atoms with E-state index >= 15 is 0 Å². The van der Waals surface area contributed by atoms with Crippen LogP contribution in [0.1, 0.15) is 46.0 Å². The molecule has 54 heavy (non-hydrogen) atoms. The molecular formula is C44H38BrN3O6. The number of hydrogen-bond donors (Lipinski definition) is 2. The second-order valence-electron chi connectivity index (χ2n) is 13.9. The summed E-state index contributed by atoms with van der Waals surface area (Å²) in [6, 6.07) is 35.1. The monoisotopic (exact) mass is 783 g/mol. The Morgan fingerprint density at radius 2 is 1.61 bits per heavy atom. The minimum atomic E-state index is -1.88. The van der Waals surface area contributed by atoms with Crippen molar-refractivity contribution >= 4 is 50.7 Å². The number of nitrogens with zero attached hydrogens (tertiary/aromatic N) is 3. The summed E-state index contributed by atoms with van der Waals surface area (Å²) in [6.07, 6.45) is 4.09. The van der Waals surface area contributed by atoms with Gasteiger partial charge in [0.05, 0.1) is 36.1 Å². The van der Waals surface area contributed by atoms with Crippen molar-refractivity contribution in [2.24, 2.45) is 5.92 Å². The molecule has 272 valence electrons. The van der Waals surface area contributed by atoms with E-state index in [0.29, 0.717) is 52.7 Å². The van der Waals surface area contributed by atoms with Crippen LogP contribution in [0, 0.1) is 5.92 Å². The highest BCUT2D eigenvalue weighted by Crippen LogP contribution is 2.47. The van der Waals surface area contributed by atoms with Crippen LogP contribution in [0.3, 0.4) is 0 Å². The van der Waals surface area contributed by atoms with Crippen molar-refractivity contribution < 1.29 is 29.3 Å². The van der Waals surface area contributed by atoms with Crippen LogP contribution in [0.25, 0.3) is 0 Å². The molecule has 0 saturated heterocycles. The Bertz CT molecular complexity index is 2310. The minimum Gasteiger partial charge on any atom is -0.454 e. The topological polar surface area (TPSA) is 111 Å². The molecule has 0 fully saturated rings. The van der Waals surface area contributed by atoms with Crippen LogP contribution in [0.4, 0.5) is 17.1 Å². The van der Waals surface area contributed by atoms with Crippen LogP contribution in [-0.2, 0) is 34.7 Å². The maximum absolute atomic E-state index is 14.3. The van der Waals surface area contributed by atoms with E-state index in [0.717, 1.165) is 21.2 Å². The number of halogens is 1. The lowest BCUT2D eigenvalue weighted by atomic mass is 9.83. The van der Waals surface area contributed by atoms with Crippen molar-refractivity contribution in [3.63, 3.8) is 0 Å². The molecule has 5 aromatic rings. The van der Waals surface area contributed by atoms with E-state index in [9.17, 15) is 24.6 Å². The molecule has 3 aliphatic heterocycles. The van der Waals surface area contributed by atoms with Gasteiger partial charge in [-0.05, 0) is 77.7 Å². The van der Waals surface area contributed by atoms with E-state index in [1.807, 2.05) is 91.0 Å². The van der Waals surface area contributed by atoms with Gasteiger partial charge < -0.3 is 24.7 Å². The van der Waals surface area contributed by atoms with Gasteiger partial charge in [-0.2, -0.15) is 0 Å². The number of benzene rings is 5. The Morgan fingerprint density at radius 3 is 2.39 bits per heavy atom. The Morgan fingerprint density at radius 1 is 0.907 bits per heavy atom. The molecule has 0 unspecified atom stereocenters. The number of aliphatic hydroxyl groups is 2. The molecule has 0 radical (unpaired) electrons. The summed E-state index contributed by atoms with van der Waals surface area (Å²) < 4.78 is 6.87. The van der Waals surface area contributed by atoms with Crippen LogP contribution in [0.2, 0.25) is 0 Å². The van der Waals surface area contributed by atoms with Gasteiger partial charge in [0.25, 0.3) is 11.8 Å². The molecular weight excluding hydrogens is 746 g/mol. The number of hydrogen-bond acceptors (Lipinski definition) is 6. The smallest absolute Gasteiger partial charge is 0.266 e. The first-order chi connectivity index (χ1) is 26.2. The number of amides is 3. The van der Waals surface area contributed by atoms with E-state index < -0.39 is 17.4 Å². The average molecular weight is 785 g/mol. The molecule has 2 N–H and O–H groups in total. The van der Waals surface area contributed by atoms with Gasteiger partial charge in [0.1, 0.15) is 5.75 Å². The number of ether oxygens (including phenoxy) is 1. The van der Waals surface area contributed by atoms with Crippen molar-refractivity contribution in [1.29, 1.82) is 0 Å². The Hall–Kier alpha value is -5.55. The second kappa shape index (κ2) is 14.4. The van der Waals surface area contributed by atoms with E-state index in [4.69, 9.17) is 4.74 Å². The zero-order valence-corrected chi connectivity index (χ0v) is 31.1. The Labute approximate surface area is 321 Å². The third-order valence-corrected chi connectivity index (χ3v) is 11.2. The number of carbonyl (C=O) groups is 3. The maximum atomic E-state index is 14.3. The quantitative estimate of drug-likeness (QED) is 0.156. The number of carbonyl (C=O) groups excluding carboxylic acids is 3. The highest BCUT2D eigenvalue weighted by Gasteiger charge is 2.52. The fourth-order valence-electron chi connectivity index (χ4n) is 7.75. The zero-order valence-electron chi connectivity index (χ0n) is 29.6. The Balaban J connectivity index is 1.02. The standard InChI is InChI=1S/C44H38BrN3O6/c1-28(9-8-16-41(50)46-26-31-11-3-2-10-30(31)23-34(46)27-49)44(53)36-24-32(45)19-22-37(36)47(43(44)52)25-29-17-20-33(21-18-29)48-38-13-5-7-15-40(38)54-39-14-6-4-12-35(39)42(48)51/h2-15,17-22,24,28,34,49,53H,16,23,25-27H2,1H3/b9-8+/t28-,34+,44+/m1/s1. The van der Waals surface area contributed by atoms with Crippen molar-refractivity contribution in [2.75, 3.05) is 16.4 Å². The van der Waals surface area contributed by atoms with E-state index in [1.165, 1.54) is 0 Å². The second-order valence-corrected chi connectivity index (χ2v) is 14.9. The van der Waals surface area contributed by atoms with Crippen molar-refractivity contribution in [3.8, 4) is 11.5 Å². The van der Waals surface area contributed by atoms with Gasteiger partial charge in [-0.3, -0.25) is 19.3 Å². The first kappa shape index (κ1) is 35.5. The van der Waals surface area contributed by atoms with Gasteiger partial charge in [-0.15, -0.1) is 0 Å². The molecule has 3 heterocycles. The molecule has 10 heteroatoms. The molecule has 0 saturated carbocycles. The van der Waals surface area contributed by atoms with Gasteiger partial charge >= 0.3 is 0 Å². The van der Waals surface area contributed by atoms with Gasteiger partial charge in [-0.25, -0.2) is 0 Å². The van der Waals surface area contributed by atoms with Gasteiger partial charge in [0.15, 0.2) is 11.4 Å². The first-order valence-corrected chi connectivity index (χ1v) is 18.7. The van der Waals surface area contributed by atoms with Gasteiger partial charge in [0.2, 0.25) is 5.91 Å². The molecule has 8 rings (SSSR count). The minimum absolute atomic E-state index is 0.0659. The SMILES string of the molecule is C[C@H](/C=C/CC(=O)N1Cc2ccccc2C[C@H]1CO)[C@@]1(O)C(=O)N(Cc2ccc(N3C(=O)c4ccccc4Oc4ccccc43)cc2)c2ccc(Br)cc21. The van der Waals surface area contributed by atoms with E-state index in [1.54, 1.807) is 58.0 Å². The summed E-state index contributed by atoms with van der Waals surface area (Å²) in [4.78, 5) is 46.5. The lowest BCUT2D eigenvalue weighted by Gasteiger charge is -2.36. The largest absolute Gasteiger partial charge is 0.454 e. The third-order valence-electron chi connectivity index (χ3n) is 10.7. The summed E-state index contributed by atoms with van der Waals surface area (Å²) in [5.74, 6) is -0.454. The molecule has 0 aromatic heterocycles. The van der Waals surface area contributed by atoms with Gasteiger partial charge in [-0.1, -0.05) is 95.7 Å². The van der Waals surface area contributed by atoms with E-state index in [-0.39, 0.29) is 37.4 Å². The fourth-order valence-corrected chi connectivity index (χ4v) is 8.11. The van der Waals surface area contributed by atoms with Gasteiger partial charge in [0, 0.05) is 34.6 Å². The number of anilines is 3. The highest BCUT2D eigenvalue weighted by atomic mass is 79.9. The Kier molecular flexibility index (Phi) is 9.43. The van der Waals surface area contributed by atoms with Crippen molar-refractivity contribution in [1.82, 2.24) is 4.90 Å². The summed E-state index contributed by atoms with van der Waals surface area (Å²) in [6.45, 7) is 2.24. The molecule has 9 nitrogen and oxygen atoms in total. The molecule has 0 spiro atoms. The summed E-state index contributed by atoms with van der Waals surface area (Å²) in [5.41, 5.74) is 3.88. The summed E-state index contributed by atoms with van der Waals surface area (Å²) in [7, 11) is 0. The average Bonchev–Trinajstić information content (AvgIpc) is 3.31. The van der Waals surface area contributed by atoms with Crippen LogP contribution in [0.5, 0.6) is 11.5 Å². The number of aliphatic hydroxyl groups excluding tert-OH is 1. The van der Waals surface area contributed by atoms with Crippen LogP contribution < -0.4 is 14.5 Å². The zero-order chi connectivity index (χ0) is 37.6. The lowest BCUT2D eigenvalue weighted by Crippen LogP contribution is -2.46. The predicted molar refractivity (Wildman–Crippen MR) is 210 cm³/mol. The molecule has 5 aromatic carbocycles. The number of fused-ring (bicyclic) bond motifs is 4. The predicted octanol–water partition coefficient (Wildman–Crippen LogP) is 7.80. The maximum Gasteiger partial charge on any atom is 0.266 e. The molecule has 3 amide bonds. The van der Waals surface area contributed by atoms with Crippen molar-refractivity contribution in [3.05, 3.63) is 160 Å². The number of rotatable bonds is 8. The summed E-state index contributed by atoms with van der Waals surface area (Å²) in [5, 5.41) is 22.3. The van der Waals surface area contributed by atoms with E-state index in [2.05, 4.69) is 15.9 Å². The third kappa shape index (κ3) is 6.20.